The molecule has 1 fully saturated rings. The highest BCUT2D eigenvalue weighted by atomic mass is 19.4. The van der Waals surface area contributed by atoms with E-state index in [0.29, 0.717) is 12.8 Å². The number of hydrogen-bond acceptors (Lipinski definition) is 4. The van der Waals surface area contributed by atoms with Gasteiger partial charge in [0.2, 0.25) is 0 Å². The van der Waals surface area contributed by atoms with E-state index in [2.05, 4.69) is 10.5 Å². The summed E-state index contributed by atoms with van der Waals surface area (Å²) in [6.45, 7) is -0.448. The minimum atomic E-state index is -4.55. The molecule has 1 aliphatic rings. The molecule has 94 valence electrons. The molecule has 1 aliphatic carbocycles. The van der Waals surface area contributed by atoms with Gasteiger partial charge in [-0.1, -0.05) is 5.16 Å². The average Bonchev–Trinajstić information content (AvgIpc) is 2.12. The van der Waals surface area contributed by atoms with Crippen molar-refractivity contribution in [3.05, 3.63) is 0 Å². The lowest BCUT2D eigenvalue weighted by Crippen LogP contribution is -2.50. The number of nitrogens with one attached hydrogen (secondary N) is 1. The van der Waals surface area contributed by atoms with Crippen LogP contribution in [0, 0.1) is 5.92 Å². The third-order valence-corrected chi connectivity index (χ3v) is 2.59. The molecule has 0 aliphatic heterocycles. The van der Waals surface area contributed by atoms with Crippen LogP contribution < -0.4 is 11.1 Å². The van der Waals surface area contributed by atoms with Crippen LogP contribution in [0.1, 0.15) is 12.8 Å². The molecule has 5 N–H and O–H groups in total. The monoisotopic (exact) mass is 241 g/mol. The van der Waals surface area contributed by atoms with E-state index in [1.807, 2.05) is 0 Å². The van der Waals surface area contributed by atoms with Crippen molar-refractivity contribution in [1.29, 1.82) is 0 Å². The lowest BCUT2D eigenvalue weighted by molar-refractivity contribution is -0.155. The summed E-state index contributed by atoms with van der Waals surface area (Å²) in [6.07, 6.45) is -4.13. The minimum Gasteiger partial charge on any atom is -0.409 e. The van der Waals surface area contributed by atoms with Crippen LogP contribution >= 0.6 is 0 Å². The normalized spacial score (nSPS) is 28.6. The largest absolute Gasteiger partial charge is 0.409 e. The molecule has 5 nitrogen and oxygen atoms in total. The van der Waals surface area contributed by atoms with Crippen molar-refractivity contribution in [3.8, 4) is 0 Å². The summed E-state index contributed by atoms with van der Waals surface area (Å²) in [7, 11) is 0. The second kappa shape index (κ2) is 4.88. The van der Waals surface area contributed by atoms with Crippen LogP contribution in [0.3, 0.4) is 0 Å². The molecule has 8 heteroatoms. The Morgan fingerprint density at radius 1 is 1.50 bits per heavy atom. The summed E-state index contributed by atoms with van der Waals surface area (Å²) in [5.41, 5.74) is 4.97. The highest BCUT2D eigenvalue weighted by Crippen LogP contribution is 2.27. The number of hydrogen-bond donors (Lipinski definition) is 4. The fourth-order valence-corrected chi connectivity index (χ4v) is 1.50. The Bertz CT molecular complexity index is 264. The summed E-state index contributed by atoms with van der Waals surface area (Å²) in [4.78, 5) is 0. The van der Waals surface area contributed by atoms with E-state index in [1.54, 1.807) is 0 Å². The minimum absolute atomic E-state index is 0.133. The van der Waals surface area contributed by atoms with Gasteiger partial charge in [0.15, 0.2) is 5.84 Å². The van der Waals surface area contributed by atoms with Gasteiger partial charge in [0, 0.05) is 12.6 Å². The lowest BCUT2D eigenvalue weighted by atomic mass is 9.89. The van der Waals surface area contributed by atoms with Gasteiger partial charge in [-0.05, 0) is 12.8 Å². The summed E-state index contributed by atoms with van der Waals surface area (Å²) in [6, 6.07) is -0.133. The Morgan fingerprint density at radius 3 is 2.44 bits per heavy atom. The van der Waals surface area contributed by atoms with Crippen LogP contribution in [-0.4, -0.2) is 41.0 Å². The van der Waals surface area contributed by atoms with Gasteiger partial charge in [-0.15, -0.1) is 0 Å². The maximum atomic E-state index is 12.4. The predicted octanol–water partition coefficient (Wildman–Crippen LogP) is 0.0242. The van der Waals surface area contributed by atoms with Gasteiger partial charge in [-0.2, -0.15) is 13.2 Å². The Labute approximate surface area is 90.1 Å². The average molecular weight is 241 g/mol. The molecule has 1 atom stereocenters. The first kappa shape index (κ1) is 13.0. The van der Waals surface area contributed by atoms with Gasteiger partial charge < -0.3 is 21.4 Å². The number of rotatable bonds is 4. The molecule has 0 aromatic heterocycles. The summed E-state index contributed by atoms with van der Waals surface area (Å²) >= 11 is 0. The molecule has 0 heterocycles. The molecule has 0 bridgehead atoms. The Morgan fingerprint density at radius 2 is 2.06 bits per heavy atom. The standard InChI is InChI=1S/C8H14F3N3O2/c9-8(10,11)6(7(12)14-16)3-13-4-1-5(15)2-4/h4-6,13,15-16H,1-3H2,(H2,12,14). The van der Waals surface area contributed by atoms with E-state index in [-0.39, 0.29) is 6.04 Å². The summed E-state index contributed by atoms with van der Waals surface area (Å²) < 4.78 is 37.3. The number of amidine groups is 1. The maximum absolute atomic E-state index is 12.4. The van der Waals surface area contributed by atoms with Gasteiger partial charge in [0.05, 0.1) is 6.10 Å². The number of nitrogens with zero attached hydrogens (tertiary/aromatic N) is 1. The first-order valence-corrected chi connectivity index (χ1v) is 4.80. The van der Waals surface area contributed by atoms with Crippen LogP contribution in [0.5, 0.6) is 0 Å². The second-order valence-electron chi connectivity index (χ2n) is 3.85. The van der Waals surface area contributed by atoms with Crippen molar-refractivity contribution < 1.29 is 23.5 Å². The molecular weight excluding hydrogens is 227 g/mol. The zero-order valence-electron chi connectivity index (χ0n) is 8.41. The third kappa shape index (κ3) is 3.24. The van der Waals surface area contributed by atoms with Gasteiger partial charge in [0.25, 0.3) is 0 Å². The molecule has 0 spiro atoms. The van der Waals surface area contributed by atoms with Gasteiger partial charge in [-0.25, -0.2) is 0 Å². The number of nitrogens with two attached hydrogens (primary N) is 1. The molecule has 0 amide bonds. The van der Waals surface area contributed by atoms with Crippen LogP contribution in [0.15, 0.2) is 5.16 Å². The number of aliphatic hydroxyl groups excluding tert-OH is 1. The van der Waals surface area contributed by atoms with E-state index in [1.165, 1.54) is 0 Å². The molecule has 1 rings (SSSR count). The number of aliphatic hydroxyl groups is 1. The molecule has 1 unspecified atom stereocenters. The molecule has 0 aromatic rings. The van der Waals surface area contributed by atoms with Crippen molar-refractivity contribution >= 4 is 5.84 Å². The van der Waals surface area contributed by atoms with Gasteiger partial charge in [0.1, 0.15) is 5.92 Å². The topological polar surface area (TPSA) is 90.9 Å². The van der Waals surface area contributed by atoms with Crippen LogP contribution in [0.2, 0.25) is 0 Å². The summed E-state index contributed by atoms with van der Waals surface area (Å²) in [5, 5.41) is 22.2. The number of halogens is 3. The molecule has 0 radical (unpaired) electrons. The van der Waals surface area contributed by atoms with E-state index in [0.717, 1.165) is 0 Å². The quantitative estimate of drug-likeness (QED) is 0.242. The fraction of sp³-hybridized carbons (Fsp3) is 0.875. The number of oxime groups is 1. The van der Waals surface area contributed by atoms with E-state index >= 15 is 0 Å². The SMILES string of the molecule is NC(=NO)C(CNC1CC(O)C1)C(F)(F)F. The molecule has 1 saturated carbocycles. The molecule has 0 saturated heterocycles. The van der Waals surface area contributed by atoms with Crippen molar-refractivity contribution in [2.45, 2.75) is 31.2 Å². The van der Waals surface area contributed by atoms with Crippen molar-refractivity contribution in [3.63, 3.8) is 0 Å². The highest BCUT2D eigenvalue weighted by Gasteiger charge is 2.43. The Kier molecular flexibility index (Phi) is 3.98. The molecular formula is C8H14F3N3O2. The second-order valence-corrected chi connectivity index (χ2v) is 3.85. The Hall–Kier alpha value is -1.02. The van der Waals surface area contributed by atoms with Crippen LogP contribution in [-0.2, 0) is 0 Å². The van der Waals surface area contributed by atoms with Crippen molar-refractivity contribution in [2.24, 2.45) is 16.8 Å². The first-order chi connectivity index (χ1) is 7.34. The maximum Gasteiger partial charge on any atom is 0.400 e. The Balaban J connectivity index is 2.45. The van der Waals surface area contributed by atoms with Gasteiger partial charge in [-0.3, -0.25) is 0 Å². The van der Waals surface area contributed by atoms with Gasteiger partial charge >= 0.3 is 6.18 Å². The van der Waals surface area contributed by atoms with E-state index in [9.17, 15) is 13.2 Å². The first-order valence-electron chi connectivity index (χ1n) is 4.80. The molecule has 0 aromatic carbocycles. The third-order valence-electron chi connectivity index (χ3n) is 2.59. The van der Waals surface area contributed by atoms with E-state index < -0.39 is 30.6 Å². The fourth-order valence-electron chi connectivity index (χ4n) is 1.50. The van der Waals surface area contributed by atoms with Crippen molar-refractivity contribution in [2.75, 3.05) is 6.54 Å². The summed E-state index contributed by atoms with van der Waals surface area (Å²) in [5.74, 6) is -2.87. The smallest absolute Gasteiger partial charge is 0.400 e. The van der Waals surface area contributed by atoms with Crippen LogP contribution in [0.25, 0.3) is 0 Å². The lowest BCUT2D eigenvalue weighted by Gasteiger charge is -2.33. The highest BCUT2D eigenvalue weighted by molar-refractivity contribution is 5.83. The zero-order chi connectivity index (χ0) is 12.3. The van der Waals surface area contributed by atoms with Crippen LogP contribution in [0.4, 0.5) is 13.2 Å². The predicted molar refractivity (Wildman–Crippen MR) is 50.0 cm³/mol. The number of alkyl halides is 3. The van der Waals surface area contributed by atoms with E-state index in [4.69, 9.17) is 16.0 Å². The zero-order valence-corrected chi connectivity index (χ0v) is 8.41. The molecule has 16 heavy (non-hydrogen) atoms. The van der Waals surface area contributed by atoms with Crippen molar-refractivity contribution in [1.82, 2.24) is 5.32 Å².